The van der Waals surface area contributed by atoms with Crippen LogP contribution in [-0.4, -0.2) is 25.7 Å². The van der Waals surface area contributed by atoms with Crippen LogP contribution >= 0.6 is 0 Å². The molecule has 0 radical (unpaired) electrons. The highest BCUT2D eigenvalue weighted by Gasteiger charge is 2.08. The van der Waals surface area contributed by atoms with E-state index in [1.54, 1.807) is 0 Å². The van der Waals surface area contributed by atoms with Crippen molar-refractivity contribution in [2.24, 2.45) is 11.7 Å². The van der Waals surface area contributed by atoms with Gasteiger partial charge >= 0.3 is 12.0 Å². The molecule has 5 heteroatoms. The van der Waals surface area contributed by atoms with E-state index >= 15 is 0 Å². The van der Waals surface area contributed by atoms with Gasteiger partial charge in [0.25, 0.3) is 0 Å². The Labute approximate surface area is 71.3 Å². The van der Waals surface area contributed by atoms with Crippen molar-refractivity contribution in [1.29, 1.82) is 0 Å². The lowest BCUT2D eigenvalue weighted by Gasteiger charge is -2.09. The normalized spacial score (nSPS) is 11.8. The molecular weight excluding hydrogens is 160 g/mol. The summed E-state index contributed by atoms with van der Waals surface area (Å²) in [6.45, 7) is 2.22. The lowest BCUT2D eigenvalue weighted by Crippen LogP contribution is -2.33. The predicted molar refractivity (Wildman–Crippen MR) is 43.4 cm³/mol. The van der Waals surface area contributed by atoms with E-state index in [1.807, 2.05) is 6.92 Å². The number of nitrogens with one attached hydrogen (secondary N) is 1. The minimum Gasteiger partial charge on any atom is -0.469 e. The first-order chi connectivity index (χ1) is 5.56. The van der Waals surface area contributed by atoms with Crippen LogP contribution in [0.3, 0.4) is 0 Å². The summed E-state index contributed by atoms with van der Waals surface area (Å²) in [6, 6.07) is -0.577. The number of methoxy groups -OCH3 is 1. The Morgan fingerprint density at radius 1 is 1.58 bits per heavy atom. The van der Waals surface area contributed by atoms with E-state index in [0.29, 0.717) is 6.54 Å². The van der Waals surface area contributed by atoms with Crippen LogP contribution in [-0.2, 0) is 9.53 Å². The molecular formula is C7H14N2O3. The molecule has 0 spiro atoms. The number of carbonyl (C=O) groups excluding carboxylic acids is 2. The summed E-state index contributed by atoms with van der Waals surface area (Å²) in [5, 5.41) is 2.41. The van der Waals surface area contributed by atoms with Gasteiger partial charge in [0.15, 0.2) is 0 Å². The summed E-state index contributed by atoms with van der Waals surface area (Å²) >= 11 is 0. The monoisotopic (exact) mass is 174 g/mol. The van der Waals surface area contributed by atoms with Crippen molar-refractivity contribution in [2.45, 2.75) is 13.3 Å². The first kappa shape index (κ1) is 10.7. The smallest absolute Gasteiger partial charge is 0.312 e. The third-order valence-electron chi connectivity index (χ3n) is 1.37. The first-order valence-corrected chi connectivity index (χ1v) is 3.66. The van der Waals surface area contributed by atoms with E-state index < -0.39 is 6.03 Å². The molecule has 0 aromatic carbocycles. The van der Waals surface area contributed by atoms with Crippen LogP contribution < -0.4 is 11.1 Å². The van der Waals surface area contributed by atoms with Gasteiger partial charge < -0.3 is 15.8 Å². The van der Waals surface area contributed by atoms with Crippen molar-refractivity contribution < 1.29 is 14.3 Å². The quantitative estimate of drug-likeness (QED) is 0.582. The van der Waals surface area contributed by atoms with Crippen molar-refractivity contribution in [3.8, 4) is 0 Å². The summed E-state index contributed by atoms with van der Waals surface area (Å²) in [6.07, 6.45) is 0.288. The number of nitrogens with two attached hydrogens (primary N) is 1. The zero-order valence-corrected chi connectivity index (χ0v) is 7.29. The van der Waals surface area contributed by atoms with Crippen molar-refractivity contribution >= 4 is 12.0 Å². The zero-order chi connectivity index (χ0) is 9.56. The van der Waals surface area contributed by atoms with Crippen LogP contribution in [0.1, 0.15) is 13.3 Å². The third kappa shape index (κ3) is 5.52. The molecule has 1 atom stereocenters. The topological polar surface area (TPSA) is 81.4 Å². The Kier molecular flexibility index (Phi) is 4.83. The first-order valence-electron chi connectivity index (χ1n) is 3.66. The highest BCUT2D eigenvalue weighted by molar-refractivity contribution is 5.72. The maximum atomic E-state index is 10.7. The van der Waals surface area contributed by atoms with Crippen LogP contribution in [0.4, 0.5) is 4.79 Å². The van der Waals surface area contributed by atoms with E-state index in [9.17, 15) is 9.59 Å². The molecule has 70 valence electrons. The molecule has 0 fully saturated rings. The fourth-order valence-electron chi connectivity index (χ4n) is 0.715. The zero-order valence-electron chi connectivity index (χ0n) is 7.29. The van der Waals surface area contributed by atoms with Gasteiger partial charge in [-0.3, -0.25) is 4.79 Å². The largest absolute Gasteiger partial charge is 0.469 e. The summed E-state index contributed by atoms with van der Waals surface area (Å²) in [7, 11) is 1.33. The van der Waals surface area contributed by atoms with E-state index in [0.717, 1.165) is 0 Å². The Morgan fingerprint density at radius 2 is 2.17 bits per heavy atom. The minimum atomic E-state index is -0.577. The number of carbonyl (C=O) groups is 2. The average Bonchev–Trinajstić information content (AvgIpc) is 2.00. The van der Waals surface area contributed by atoms with Gasteiger partial charge in [-0.25, -0.2) is 4.79 Å². The fourth-order valence-corrected chi connectivity index (χ4v) is 0.715. The molecule has 3 N–H and O–H groups in total. The van der Waals surface area contributed by atoms with Gasteiger partial charge in [0, 0.05) is 13.0 Å². The molecule has 0 unspecified atom stereocenters. The molecule has 2 amide bonds. The number of rotatable bonds is 4. The summed E-state index contributed by atoms with van der Waals surface area (Å²) < 4.78 is 4.44. The lowest BCUT2D eigenvalue weighted by molar-refractivity contribution is -0.141. The number of urea groups is 1. The Bertz CT molecular complexity index is 170. The Hall–Kier alpha value is -1.26. The molecule has 0 saturated carbocycles. The Balaban J connectivity index is 3.52. The number of amides is 2. The van der Waals surface area contributed by atoms with E-state index in [4.69, 9.17) is 5.73 Å². The van der Waals surface area contributed by atoms with Crippen molar-refractivity contribution in [3.05, 3.63) is 0 Å². The van der Waals surface area contributed by atoms with Crippen molar-refractivity contribution in [1.82, 2.24) is 5.32 Å². The molecule has 5 nitrogen and oxygen atoms in total. The molecule has 0 rings (SSSR count). The molecule has 0 aliphatic rings. The van der Waals surface area contributed by atoms with Gasteiger partial charge in [-0.15, -0.1) is 0 Å². The number of esters is 1. The number of hydrogen-bond acceptors (Lipinski definition) is 3. The standard InChI is InChI=1S/C7H14N2O3/c1-5(3-6(10)12-2)4-9-7(8)11/h5H,3-4H2,1-2H3,(H3,8,9,11)/t5-/m1/s1. The second-order valence-corrected chi connectivity index (χ2v) is 2.63. The molecule has 0 saturated heterocycles. The number of primary amides is 1. The van der Waals surface area contributed by atoms with Crippen molar-refractivity contribution in [3.63, 3.8) is 0 Å². The Morgan fingerprint density at radius 3 is 2.58 bits per heavy atom. The predicted octanol–water partition coefficient (Wildman–Crippen LogP) is -0.146. The molecule has 0 bridgehead atoms. The van der Waals surface area contributed by atoms with E-state index in [-0.39, 0.29) is 18.3 Å². The van der Waals surface area contributed by atoms with Gasteiger partial charge in [-0.1, -0.05) is 6.92 Å². The summed E-state index contributed by atoms with van der Waals surface area (Å²) in [5.41, 5.74) is 4.84. The second-order valence-electron chi connectivity index (χ2n) is 2.63. The highest BCUT2D eigenvalue weighted by atomic mass is 16.5. The molecule has 0 heterocycles. The lowest BCUT2D eigenvalue weighted by atomic mass is 10.1. The van der Waals surface area contributed by atoms with Gasteiger partial charge in [-0.05, 0) is 5.92 Å². The minimum absolute atomic E-state index is 0.0462. The molecule has 12 heavy (non-hydrogen) atoms. The summed E-state index contributed by atoms with van der Waals surface area (Å²) in [4.78, 5) is 21.0. The number of hydrogen-bond donors (Lipinski definition) is 2. The average molecular weight is 174 g/mol. The molecule has 0 aliphatic carbocycles. The fraction of sp³-hybridized carbons (Fsp3) is 0.714. The maximum absolute atomic E-state index is 10.7. The van der Waals surface area contributed by atoms with E-state index in [2.05, 4.69) is 10.1 Å². The van der Waals surface area contributed by atoms with Gasteiger partial charge in [0.05, 0.1) is 7.11 Å². The van der Waals surface area contributed by atoms with Gasteiger partial charge in [0.2, 0.25) is 0 Å². The molecule has 0 aromatic rings. The second kappa shape index (κ2) is 5.40. The summed E-state index contributed by atoms with van der Waals surface area (Å²) in [5.74, 6) is -0.237. The van der Waals surface area contributed by atoms with Crippen LogP contribution in [0.5, 0.6) is 0 Å². The van der Waals surface area contributed by atoms with Gasteiger partial charge in [-0.2, -0.15) is 0 Å². The molecule has 0 aromatic heterocycles. The van der Waals surface area contributed by atoms with Crippen LogP contribution in [0.25, 0.3) is 0 Å². The maximum Gasteiger partial charge on any atom is 0.312 e. The van der Waals surface area contributed by atoms with Gasteiger partial charge in [0.1, 0.15) is 0 Å². The van der Waals surface area contributed by atoms with Crippen molar-refractivity contribution in [2.75, 3.05) is 13.7 Å². The van der Waals surface area contributed by atoms with E-state index in [1.165, 1.54) is 7.11 Å². The highest BCUT2D eigenvalue weighted by Crippen LogP contribution is 2.00. The number of ether oxygens (including phenoxy) is 1. The molecule has 0 aliphatic heterocycles. The third-order valence-corrected chi connectivity index (χ3v) is 1.37. The van der Waals surface area contributed by atoms with Crippen LogP contribution in [0, 0.1) is 5.92 Å². The van der Waals surface area contributed by atoms with Crippen LogP contribution in [0.2, 0.25) is 0 Å². The van der Waals surface area contributed by atoms with Crippen LogP contribution in [0.15, 0.2) is 0 Å². The SMILES string of the molecule is COC(=O)C[C@@H](C)CNC(N)=O.